The highest BCUT2D eigenvalue weighted by molar-refractivity contribution is 7.89. The fourth-order valence-corrected chi connectivity index (χ4v) is 3.64. The van der Waals surface area contributed by atoms with Gasteiger partial charge < -0.3 is 16.0 Å². The Hall–Kier alpha value is -3.11. The summed E-state index contributed by atoms with van der Waals surface area (Å²) in [6.07, 6.45) is 0. The van der Waals surface area contributed by atoms with Crippen LogP contribution in [0.1, 0.15) is 18.1 Å². The second kappa shape index (κ2) is 10.3. The van der Waals surface area contributed by atoms with Crippen molar-refractivity contribution in [3.05, 3.63) is 47.5 Å². The summed E-state index contributed by atoms with van der Waals surface area (Å²) in [6, 6.07) is 9.38. The fraction of sp³-hybridized carbons (Fsp3) is 0.333. The van der Waals surface area contributed by atoms with E-state index in [0.29, 0.717) is 23.6 Å². The molecule has 0 aliphatic heterocycles. The maximum Gasteiger partial charge on any atom is 0.325 e. The molecule has 3 amide bonds. The van der Waals surface area contributed by atoms with E-state index in [-0.39, 0.29) is 11.4 Å². The van der Waals surface area contributed by atoms with Crippen LogP contribution in [0.3, 0.4) is 0 Å². The number of anilines is 3. The van der Waals surface area contributed by atoms with Crippen molar-refractivity contribution in [3.8, 4) is 0 Å². The molecular formula is C21H29N5O4S. The summed E-state index contributed by atoms with van der Waals surface area (Å²) in [5.41, 5.74) is 3.79. The molecule has 0 saturated heterocycles. The van der Waals surface area contributed by atoms with Gasteiger partial charge in [-0.1, -0.05) is 6.07 Å². The van der Waals surface area contributed by atoms with Crippen LogP contribution in [-0.2, 0) is 14.8 Å². The Morgan fingerprint density at radius 2 is 1.65 bits per heavy atom. The number of imide groups is 1. The van der Waals surface area contributed by atoms with E-state index >= 15 is 0 Å². The quantitative estimate of drug-likeness (QED) is 0.494. The Bertz CT molecular complexity index is 1070. The van der Waals surface area contributed by atoms with Crippen molar-refractivity contribution >= 4 is 39.0 Å². The van der Waals surface area contributed by atoms with Gasteiger partial charge in [0, 0.05) is 26.3 Å². The zero-order valence-corrected chi connectivity index (χ0v) is 19.2. The number of sulfonamides is 1. The molecule has 9 nitrogen and oxygen atoms in total. The molecule has 2 rings (SSSR count). The van der Waals surface area contributed by atoms with Gasteiger partial charge in [0.25, 0.3) is 0 Å². The zero-order chi connectivity index (χ0) is 23.2. The normalized spacial score (nSPS) is 11.2. The lowest BCUT2D eigenvalue weighted by molar-refractivity contribution is -0.118. The molecule has 0 fully saturated rings. The van der Waals surface area contributed by atoms with E-state index in [1.54, 1.807) is 12.1 Å². The van der Waals surface area contributed by atoms with Crippen LogP contribution in [0, 0.1) is 13.8 Å². The van der Waals surface area contributed by atoms with Crippen LogP contribution >= 0.6 is 0 Å². The largest absolute Gasteiger partial charge is 0.384 e. The highest BCUT2D eigenvalue weighted by Crippen LogP contribution is 2.26. The van der Waals surface area contributed by atoms with Crippen LogP contribution in [0.5, 0.6) is 0 Å². The molecule has 0 atom stereocenters. The van der Waals surface area contributed by atoms with Gasteiger partial charge in [-0.15, -0.1) is 0 Å². The maximum atomic E-state index is 12.4. The van der Waals surface area contributed by atoms with Crippen LogP contribution in [0.4, 0.5) is 21.9 Å². The molecule has 0 bridgehead atoms. The summed E-state index contributed by atoms with van der Waals surface area (Å²) in [5, 5.41) is 10.9. The first-order chi connectivity index (χ1) is 14.5. The van der Waals surface area contributed by atoms with Crippen LogP contribution in [0.15, 0.2) is 41.3 Å². The number of amides is 3. The molecule has 2 aromatic carbocycles. The van der Waals surface area contributed by atoms with E-state index in [1.165, 1.54) is 26.2 Å². The lowest BCUT2D eigenvalue weighted by Gasteiger charge is -2.17. The van der Waals surface area contributed by atoms with Crippen LogP contribution in [-0.4, -0.2) is 51.8 Å². The molecule has 0 saturated carbocycles. The summed E-state index contributed by atoms with van der Waals surface area (Å²) < 4.78 is 25.9. The van der Waals surface area contributed by atoms with Crippen LogP contribution in [0.2, 0.25) is 0 Å². The summed E-state index contributed by atoms with van der Waals surface area (Å²) in [5.74, 6) is -0.565. The summed E-state index contributed by atoms with van der Waals surface area (Å²) in [6.45, 7) is 6.19. The van der Waals surface area contributed by atoms with Crippen LogP contribution < -0.4 is 21.3 Å². The first-order valence-corrected chi connectivity index (χ1v) is 11.2. The number of benzene rings is 2. The summed E-state index contributed by atoms with van der Waals surface area (Å²) in [7, 11) is -0.736. The molecule has 4 N–H and O–H groups in total. The fourth-order valence-electron chi connectivity index (χ4n) is 2.71. The first kappa shape index (κ1) is 24.2. The molecule has 168 valence electrons. The van der Waals surface area contributed by atoms with E-state index in [4.69, 9.17) is 0 Å². The molecule has 10 heteroatoms. The number of carbonyl (C=O) groups excluding carboxylic acids is 2. The van der Waals surface area contributed by atoms with E-state index in [2.05, 4.69) is 21.3 Å². The van der Waals surface area contributed by atoms with Gasteiger partial charge in [-0.25, -0.2) is 17.5 Å². The number of rotatable bonds is 8. The minimum absolute atomic E-state index is 0.0922. The minimum atomic E-state index is -3.63. The smallest absolute Gasteiger partial charge is 0.325 e. The maximum absolute atomic E-state index is 12.4. The third kappa shape index (κ3) is 6.43. The average molecular weight is 448 g/mol. The molecule has 0 aromatic heterocycles. The summed E-state index contributed by atoms with van der Waals surface area (Å²) in [4.78, 5) is 24.4. The standard InChI is InChI=1S/C21H29N5O4S/c1-6-22-18-10-9-17(31(29,30)26(4)5)12-19(18)23-13-20(27)25-21(28)24-16-8-7-14(2)15(3)11-16/h7-12,22-23H,6,13H2,1-5H3,(H2,24,25,27,28). The Morgan fingerprint density at radius 1 is 0.935 bits per heavy atom. The van der Waals surface area contributed by atoms with Crippen LogP contribution in [0.25, 0.3) is 0 Å². The van der Waals surface area contributed by atoms with E-state index < -0.39 is 22.0 Å². The van der Waals surface area contributed by atoms with Gasteiger partial charge in [-0.05, 0) is 62.2 Å². The van der Waals surface area contributed by atoms with Crippen molar-refractivity contribution in [2.45, 2.75) is 25.7 Å². The highest BCUT2D eigenvalue weighted by Gasteiger charge is 2.19. The number of aryl methyl sites for hydroxylation is 2. The molecule has 2 aromatic rings. The number of nitrogens with zero attached hydrogens (tertiary/aromatic N) is 1. The van der Waals surface area contributed by atoms with Crippen molar-refractivity contribution in [1.82, 2.24) is 9.62 Å². The van der Waals surface area contributed by atoms with Crippen molar-refractivity contribution in [2.75, 3.05) is 43.1 Å². The minimum Gasteiger partial charge on any atom is -0.384 e. The molecule has 0 radical (unpaired) electrons. The molecule has 0 spiro atoms. The third-order valence-corrected chi connectivity index (χ3v) is 6.41. The second-order valence-corrected chi connectivity index (χ2v) is 9.33. The lowest BCUT2D eigenvalue weighted by atomic mass is 10.1. The topological polar surface area (TPSA) is 120 Å². The van der Waals surface area contributed by atoms with Gasteiger partial charge in [0.15, 0.2) is 0 Å². The first-order valence-electron chi connectivity index (χ1n) is 9.77. The van der Waals surface area contributed by atoms with Crippen molar-refractivity contribution in [2.24, 2.45) is 0 Å². The van der Waals surface area contributed by atoms with Gasteiger partial charge in [0.1, 0.15) is 0 Å². The van der Waals surface area contributed by atoms with Gasteiger partial charge in [-0.3, -0.25) is 10.1 Å². The molecule has 0 aliphatic rings. The van der Waals surface area contributed by atoms with Gasteiger partial charge in [-0.2, -0.15) is 0 Å². The third-order valence-electron chi connectivity index (χ3n) is 4.59. The van der Waals surface area contributed by atoms with Crippen molar-refractivity contribution < 1.29 is 18.0 Å². The lowest BCUT2D eigenvalue weighted by Crippen LogP contribution is -2.38. The number of hydrogen-bond donors (Lipinski definition) is 4. The Labute approximate surface area is 183 Å². The van der Waals surface area contributed by atoms with Gasteiger partial charge >= 0.3 is 6.03 Å². The predicted octanol–water partition coefficient (Wildman–Crippen LogP) is 2.75. The molecular weight excluding hydrogens is 418 g/mol. The Balaban J connectivity index is 2.05. The number of carbonyl (C=O) groups is 2. The van der Waals surface area contributed by atoms with Gasteiger partial charge in [0.2, 0.25) is 15.9 Å². The molecule has 31 heavy (non-hydrogen) atoms. The van der Waals surface area contributed by atoms with E-state index in [9.17, 15) is 18.0 Å². The summed E-state index contributed by atoms with van der Waals surface area (Å²) >= 11 is 0. The molecule has 0 unspecified atom stereocenters. The van der Waals surface area contributed by atoms with E-state index in [1.807, 2.05) is 32.9 Å². The average Bonchev–Trinajstić information content (AvgIpc) is 2.69. The SMILES string of the molecule is CCNc1ccc(S(=O)(=O)N(C)C)cc1NCC(=O)NC(=O)Nc1ccc(C)c(C)c1. The number of urea groups is 1. The Morgan fingerprint density at radius 3 is 2.26 bits per heavy atom. The molecule has 0 aliphatic carbocycles. The second-order valence-electron chi connectivity index (χ2n) is 7.18. The number of hydrogen-bond acceptors (Lipinski definition) is 6. The van der Waals surface area contributed by atoms with Crippen molar-refractivity contribution in [3.63, 3.8) is 0 Å². The van der Waals surface area contributed by atoms with Gasteiger partial charge in [0.05, 0.1) is 22.8 Å². The predicted molar refractivity (Wildman–Crippen MR) is 123 cm³/mol. The zero-order valence-electron chi connectivity index (χ0n) is 18.4. The van der Waals surface area contributed by atoms with E-state index in [0.717, 1.165) is 15.4 Å². The monoisotopic (exact) mass is 447 g/mol. The highest BCUT2D eigenvalue weighted by atomic mass is 32.2. The molecule has 0 heterocycles. The van der Waals surface area contributed by atoms with Crippen molar-refractivity contribution in [1.29, 1.82) is 0 Å². The Kier molecular flexibility index (Phi) is 8.01. The number of nitrogens with one attached hydrogen (secondary N) is 4.